The summed E-state index contributed by atoms with van der Waals surface area (Å²) in [5.74, 6) is 0.452. The van der Waals surface area contributed by atoms with Crippen LogP contribution < -0.4 is 20.1 Å². The van der Waals surface area contributed by atoms with Crippen molar-refractivity contribution in [3.8, 4) is 17.6 Å². The van der Waals surface area contributed by atoms with Crippen LogP contribution in [0.1, 0.15) is 22.3 Å². The lowest BCUT2D eigenvalue weighted by Crippen LogP contribution is -2.27. The Bertz CT molecular complexity index is 803. The van der Waals surface area contributed by atoms with Gasteiger partial charge in [0.2, 0.25) is 5.91 Å². The number of hydrogen-bond donors (Lipinski definition) is 2. The Kier molecular flexibility index (Phi) is 6.57. The third-order valence-corrected chi connectivity index (χ3v) is 3.55. The van der Waals surface area contributed by atoms with E-state index in [2.05, 4.69) is 10.6 Å². The Labute approximate surface area is 151 Å². The van der Waals surface area contributed by atoms with E-state index in [1.54, 1.807) is 42.5 Å². The van der Waals surface area contributed by atoms with E-state index in [0.29, 0.717) is 28.3 Å². The second kappa shape index (κ2) is 9.08. The number of carbonyl (C=O) groups excluding carboxylic acids is 2. The molecule has 0 saturated carbocycles. The van der Waals surface area contributed by atoms with Crippen LogP contribution >= 0.6 is 0 Å². The highest BCUT2D eigenvalue weighted by Gasteiger charge is 2.10. The molecular formula is C19H19N3O4. The molecule has 2 amide bonds. The van der Waals surface area contributed by atoms with Crippen LogP contribution in [0.25, 0.3) is 0 Å². The first-order valence-electron chi connectivity index (χ1n) is 7.87. The van der Waals surface area contributed by atoms with Gasteiger partial charge in [0.05, 0.1) is 25.9 Å². The van der Waals surface area contributed by atoms with Crippen molar-refractivity contribution in [1.29, 1.82) is 5.26 Å². The SMILES string of the molecule is COc1cc(OC)cc(C(=O)NCCC(=O)Nc2ccc(C#N)cc2)c1. The van der Waals surface area contributed by atoms with Crippen LogP contribution in [0.4, 0.5) is 5.69 Å². The molecule has 26 heavy (non-hydrogen) atoms. The van der Waals surface area contributed by atoms with Crippen LogP contribution in [0.5, 0.6) is 11.5 Å². The molecule has 2 rings (SSSR count). The molecule has 0 atom stereocenters. The number of nitrogens with zero attached hydrogens (tertiary/aromatic N) is 1. The summed E-state index contributed by atoms with van der Waals surface area (Å²) in [7, 11) is 3.01. The molecule has 0 saturated heterocycles. The van der Waals surface area contributed by atoms with Crippen LogP contribution in [0.2, 0.25) is 0 Å². The quantitative estimate of drug-likeness (QED) is 0.796. The van der Waals surface area contributed by atoms with Crippen molar-refractivity contribution in [3.63, 3.8) is 0 Å². The molecule has 0 radical (unpaired) electrons. The van der Waals surface area contributed by atoms with Gasteiger partial charge in [0.1, 0.15) is 11.5 Å². The Balaban J connectivity index is 1.85. The van der Waals surface area contributed by atoms with E-state index in [1.165, 1.54) is 14.2 Å². The summed E-state index contributed by atoms with van der Waals surface area (Å²) < 4.78 is 10.3. The molecule has 2 aromatic carbocycles. The maximum atomic E-state index is 12.2. The first kappa shape index (κ1) is 18.8. The summed E-state index contributed by atoms with van der Waals surface area (Å²) in [5.41, 5.74) is 1.50. The fourth-order valence-corrected chi connectivity index (χ4v) is 2.18. The van der Waals surface area contributed by atoms with E-state index in [0.717, 1.165) is 0 Å². The molecule has 0 unspecified atom stereocenters. The van der Waals surface area contributed by atoms with Crippen molar-refractivity contribution >= 4 is 17.5 Å². The first-order chi connectivity index (χ1) is 12.5. The highest BCUT2D eigenvalue weighted by molar-refractivity contribution is 5.96. The summed E-state index contributed by atoms with van der Waals surface area (Å²) in [6.45, 7) is 0.181. The van der Waals surface area contributed by atoms with Gasteiger partial charge < -0.3 is 20.1 Å². The number of nitriles is 1. The van der Waals surface area contributed by atoms with Gasteiger partial charge in [-0.15, -0.1) is 0 Å². The minimum Gasteiger partial charge on any atom is -0.497 e. The van der Waals surface area contributed by atoms with Crippen molar-refractivity contribution in [2.75, 3.05) is 26.1 Å². The molecule has 2 aromatic rings. The number of amides is 2. The number of methoxy groups -OCH3 is 2. The molecule has 0 aliphatic carbocycles. The normalized spacial score (nSPS) is 9.73. The highest BCUT2D eigenvalue weighted by Crippen LogP contribution is 2.22. The van der Waals surface area contributed by atoms with Crippen LogP contribution in [-0.2, 0) is 4.79 Å². The zero-order valence-corrected chi connectivity index (χ0v) is 14.5. The number of benzene rings is 2. The molecular weight excluding hydrogens is 334 g/mol. The van der Waals surface area contributed by atoms with Crippen molar-refractivity contribution < 1.29 is 19.1 Å². The van der Waals surface area contributed by atoms with Crippen LogP contribution in [0, 0.1) is 11.3 Å². The zero-order valence-electron chi connectivity index (χ0n) is 14.5. The summed E-state index contributed by atoms with van der Waals surface area (Å²) >= 11 is 0. The lowest BCUT2D eigenvalue weighted by Gasteiger charge is -2.09. The molecule has 0 heterocycles. The zero-order chi connectivity index (χ0) is 18.9. The molecule has 7 heteroatoms. The van der Waals surface area contributed by atoms with Gasteiger partial charge in [-0.05, 0) is 36.4 Å². The van der Waals surface area contributed by atoms with Gasteiger partial charge in [0, 0.05) is 30.3 Å². The van der Waals surface area contributed by atoms with Crippen LogP contribution in [-0.4, -0.2) is 32.6 Å². The van der Waals surface area contributed by atoms with Gasteiger partial charge >= 0.3 is 0 Å². The van der Waals surface area contributed by atoms with E-state index in [-0.39, 0.29) is 24.8 Å². The molecule has 134 valence electrons. The number of nitrogens with one attached hydrogen (secondary N) is 2. The minimum absolute atomic E-state index is 0.118. The lowest BCUT2D eigenvalue weighted by molar-refractivity contribution is -0.116. The summed E-state index contributed by atoms with van der Waals surface area (Å²) in [5, 5.41) is 14.1. The molecule has 0 fully saturated rings. The lowest BCUT2D eigenvalue weighted by atomic mass is 10.2. The van der Waals surface area contributed by atoms with E-state index >= 15 is 0 Å². The van der Waals surface area contributed by atoms with E-state index < -0.39 is 0 Å². The maximum Gasteiger partial charge on any atom is 0.251 e. The molecule has 0 aliphatic heterocycles. The van der Waals surface area contributed by atoms with Crippen molar-refractivity contribution in [2.45, 2.75) is 6.42 Å². The maximum absolute atomic E-state index is 12.2. The fraction of sp³-hybridized carbons (Fsp3) is 0.211. The Morgan fingerprint density at radius 3 is 2.19 bits per heavy atom. The Morgan fingerprint density at radius 2 is 1.65 bits per heavy atom. The molecule has 0 aromatic heterocycles. The predicted octanol–water partition coefficient (Wildman–Crippen LogP) is 2.33. The first-order valence-corrected chi connectivity index (χ1v) is 7.87. The second-order valence-electron chi connectivity index (χ2n) is 5.34. The Morgan fingerprint density at radius 1 is 1.04 bits per heavy atom. The average Bonchev–Trinajstić information content (AvgIpc) is 2.67. The van der Waals surface area contributed by atoms with Crippen LogP contribution in [0.3, 0.4) is 0 Å². The second-order valence-corrected chi connectivity index (χ2v) is 5.34. The van der Waals surface area contributed by atoms with Crippen LogP contribution in [0.15, 0.2) is 42.5 Å². The molecule has 0 bridgehead atoms. The van der Waals surface area contributed by atoms with Crippen molar-refractivity contribution in [3.05, 3.63) is 53.6 Å². The van der Waals surface area contributed by atoms with Gasteiger partial charge in [0.15, 0.2) is 0 Å². The summed E-state index contributed by atoms with van der Waals surface area (Å²) in [6.07, 6.45) is 0.118. The number of anilines is 1. The molecule has 0 aliphatic rings. The van der Waals surface area contributed by atoms with Gasteiger partial charge in [-0.1, -0.05) is 0 Å². The van der Waals surface area contributed by atoms with Gasteiger partial charge in [-0.25, -0.2) is 0 Å². The predicted molar refractivity (Wildman–Crippen MR) is 96.3 cm³/mol. The highest BCUT2D eigenvalue weighted by atomic mass is 16.5. The van der Waals surface area contributed by atoms with Crippen molar-refractivity contribution in [1.82, 2.24) is 5.32 Å². The Hall–Kier alpha value is -3.53. The smallest absolute Gasteiger partial charge is 0.251 e. The standard InChI is InChI=1S/C19H19N3O4/c1-25-16-9-14(10-17(11-16)26-2)19(24)21-8-7-18(23)22-15-5-3-13(12-20)4-6-15/h3-6,9-11H,7-8H2,1-2H3,(H,21,24)(H,22,23). The number of hydrogen-bond acceptors (Lipinski definition) is 5. The third-order valence-electron chi connectivity index (χ3n) is 3.55. The van der Waals surface area contributed by atoms with Gasteiger partial charge in [-0.2, -0.15) is 5.26 Å². The summed E-state index contributed by atoms with van der Waals surface area (Å²) in [4.78, 5) is 24.1. The van der Waals surface area contributed by atoms with E-state index in [4.69, 9.17) is 14.7 Å². The third kappa shape index (κ3) is 5.24. The summed E-state index contributed by atoms with van der Waals surface area (Å²) in [6, 6.07) is 13.4. The monoisotopic (exact) mass is 353 g/mol. The van der Waals surface area contributed by atoms with Gasteiger partial charge in [-0.3, -0.25) is 9.59 Å². The van der Waals surface area contributed by atoms with Gasteiger partial charge in [0.25, 0.3) is 5.91 Å². The van der Waals surface area contributed by atoms with E-state index in [9.17, 15) is 9.59 Å². The average molecular weight is 353 g/mol. The topological polar surface area (TPSA) is 100 Å². The van der Waals surface area contributed by atoms with Crippen molar-refractivity contribution in [2.24, 2.45) is 0 Å². The number of ether oxygens (including phenoxy) is 2. The van der Waals surface area contributed by atoms with E-state index in [1.807, 2.05) is 6.07 Å². The number of rotatable bonds is 7. The molecule has 0 spiro atoms. The largest absolute Gasteiger partial charge is 0.497 e. The minimum atomic E-state index is -0.326. The number of carbonyl (C=O) groups is 2. The molecule has 2 N–H and O–H groups in total. The fourth-order valence-electron chi connectivity index (χ4n) is 2.18. The molecule has 7 nitrogen and oxygen atoms in total.